The topological polar surface area (TPSA) is 78.9 Å². The maximum absolute atomic E-state index is 12.8. The maximum atomic E-state index is 12.8. The molecule has 0 aromatic carbocycles. The summed E-state index contributed by atoms with van der Waals surface area (Å²) < 4.78 is 16.8. The smallest absolute Gasteiger partial charge is 0.306 e. The van der Waals surface area contributed by atoms with E-state index in [1.807, 2.05) is 0 Å². The van der Waals surface area contributed by atoms with Crippen molar-refractivity contribution in [2.75, 3.05) is 13.2 Å². The van der Waals surface area contributed by atoms with Crippen LogP contribution in [0, 0.1) is 0 Å². The molecular weight excluding hydrogens is 817 g/mol. The van der Waals surface area contributed by atoms with Crippen LogP contribution in [0.15, 0.2) is 60.8 Å². The van der Waals surface area contributed by atoms with Gasteiger partial charge in [-0.25, -0.2) is 0 Å². The van der Waals surface area contributed by atoms with Crippen LogP contribution in [0.25, 0.3) is 0 Å². The van der Waals surface area contributed by atoms with Gasteiger partial charge in [-0.15, -0.1) is 0 Å². The molecule has 0 heterocycles. The molecule has 66 heavy (non-hydrogen) atoms. The largest absolute Gasteiger partial charge is 0.462 e. The van der Waals surface area contributed by atoms with Gasteiger partial charge in [0.05, 0.1) is 0 Å². The molecule has 0 bridgehead atoms. The van der Waals surface area contributed by atoms with E-state index in [0.717, 1.165) is 103 Å². The zero-order valence-electron chi connectivity index (χ0n) is 43.7. The molecule has 0 amide bonds. The van der Waals surface area contributed by atoms with Crippen molar-refractivity contribution >= 4 is 17.9 Å². The molecule has 0 fully saturated rings. The van der Waals surface area contributed by atoms with Gasteiger partial charge in [0.15, 0.2) is 6.10 Å². The summed E-state index contributed by atoms with van der Waals surface area (Å²) in [7, 11) is 0. The number of unbranched alkanes of at least 4 members (excludes halogenated alkanes) is 30. The molecule has 0 aromatic heterocycles. The molecule has 6 nitrogen and oxygen atoms in total. The molecule has 382 valence electrons. The molecule has 0 N–H and O–H groups in total. The third kappa shape index (κ3) is 52.1. The summed E-state index contributed by atoms with van der Waals surface area (Å²) in [6.07, 6.45) is 67.8. The van der Waals surface area contributed by atoms with Gasteiger partial charge in [-0.3, -0.25) is 14.4 Å². The second-order valence-corrected chi connectivity index (χ2v) is 18.8. The average molecular weight is 924 g/mol. The first-order chi connectivity index (χ1) is 32.5. The van der Waals surface area contributed by atoms with Gasteiger partial charge in [0.1, 0.15) is 13.2 Å². The second-order valence-electron chi connectivity index (χ2n) is 18.8. The number of carbonyl (C=O) groups excluding carboxylic acids is 3. The maximum Gasteiger partial charge on any atom is 0.306 e. The molecule has 0 aliphatic heterocycles. The Kier molecular flexibility index (Phi) is 52.3. The number of allylic oxidation sites excluding steroid dienone is 10. The standard InChI is InChI=1S/C60H106O6/c1-4-7-10-13-16-19-22-25-27-28-29-30-31-32-34-35-38-41-44-47-50-53-59(62)65-56-57(55-64-58(61)52-49-46-43-40-37-24-21-18-15-12-9-6-3)66-60(63)54-51-48-45-42-39-36-33-26-23-20-17-14-11-8-5-2/h8,11,17-18,20-21,26,28-29,33,57H,4-7,9-10,12-16,19,22-25,27,30-32,34-56H2,1-3H3/b11-8-,20-17-,21-18-,29-28-,33-26-. The van der Waals surface area contributed by atoms with Crippen molar-refractivity contribution in [3.8, 4) is 0 Å². The van der Waals surface area contributed by atoms with Gasteiger partial charge in [-0.1, -0.05) is 223 Å². The highest BCUT2D eigenvalue weighted by Crippen LogP contribution is 2.15. The van der Waals surface area contributed by atoms with Crippen molar-refractivity contribution in [3.63, 3.8) is 0 Å². The summed E-state index contributed by atoms with van der Waals surface area (Å²) in [6, 6.07) is 0. The lowest BCUT2D eigenvalue weighted by Gasteiger charge is -2.18. The van der Waals surface area contributed by atoms with E-state index in [4.69, 9.17) is 14.2 Å². The summed E-state index contributed by atoms with van der Waals surface area (Å²) in [4.78, 5) is 38.1. The Morgan fingerprint density at radius 1 is 0.318 bits per heavy atom. The SMILES string of the molecule is CC/C=C\C/C=C\C/C=C\CCCCCCCC(=O)OC(COC(=O)CCCCCCC/C=C\CCCCC)COC(=O)CCCCCCCCCCC/C=C\CCCCCCCCCC. The van der Waals surface area contributed by atoms with Crippen LogP contribution in [0.2, 0.25) is 0 Å². The van der Waals surface area contributed by atoms with Gasteiger partial charge in [0.25, 0.3) is 0 Å². The van der Waals surface area contributed by atoms with E-state index in [2.05, 4.69) is 81.5 Å². The molecule has 0 spiro atoms. The lowest BCUT2D eigenvalue weighted by atomic mass is 10.1. The minimum absolute atomic E-state index is 0.0842. The molecule has 1 unspecified atom stereocenters. The van der Waals surface area contributed by atoms with E-state index < -0.39 is 6.10 Å². The van der Waals surface area contributed by atoms with Gasteiger partial charge in [0.2, 0.25) is 0 Å². The Bertz CT molecular complexity index is 1200. The molecule has 0 saturated heterocycles. The fraction of sp³-hybridized carbons (Fsp3) is 0.783. The highest BCUT2D eigenvalue weighted by Gasteiger charge is 2.19. The lowest BCUT2D eigenvalue weighted by Crippen LogP contribution is -2.30. The van der Waals surface area contributed by atoms with Gasteiger partial charge in [0, 0.05) is 19.3 Å². The van der Waals surface area contributed by atoms with Crippen LogP contribution in [0.3, 0.4) is 0 Å². The van der Waals surface area contributed by atoms with Crippen LogP contribution in [0.4, 0.5) is 0 Å². The highest BCUT2D eigenvalue weighted by atomic mass is 16.6. The van der Waals surface area contributed by atoms with Crippen LogP contribution in [-0.4, -0.2) is 37.2 Å². The third-order valence-electron chi connectivity index (χ3n) is 12.2. The van der Waals surface area contributed by atoms with Crippen LogP contribution in [-0.2, 0) is 28.6 Å². The fourth-order valence-corrected chi connectivity index (χ4v) is 7.98. The molecule has 0 rings (SSSR count). The van der Waals surface area contributed by atoms with Crippen molar-refractivity contribution in [2.45, 2.75) is 290 Å². The molecular formula is C60H106O6. The lowest BCUT2D eigenvalue weighted by molar-refractivity contribution is -0.167. The molecule has 0 radical (unpaired) electrons. The normalized spacial score (nSPS) is 12.5. The Labute approximate surface area is 409 Å². The van der Waals surface area contributed by atoms with Crippen molar-refractivity contribution < 1.29 is 28.6 Å². The first-order valence-electron chi connectivity index (χ1n) is 28.3. The second kappa shape index (κ2) is 54.7. The minimum Gasteiger partial charge on any atom is -0.462 e. The van der Waals surface area contributed by atoms with Crippen LogP contribution < -0.4 is 0 Å². The fourth-order valence-electron chi connectivity index (χ4n) is 7.98. The van der Waals surface area contributed by atoms with E-state index in [-0.39, 0.29) is 31.1 Å². The molecule has 0 aliphatic rings. The monoisotopic (exact) mass is 923 g/mol. The Balaban J connectivity index is 4.33. The Morgan fingerprint density at radius 3 is 0.970 bits per heavy atom. The van der Waals surface area contributed by atoms with Gasteiger partial charge < -0.3 is 14.2 Å². The van der Waals surface area contributed by atoms with Crippen molar-refractivity contribution in [2.24, 2.45) is 0 Å². The molecule has 1 atom stereocenters. The van der Waals surface area contributed by atoms with Crippen LogP contribution in [0.5, 0.6) is 0 Å². The molecule has 0 aromatic rings. The molecule has 0 saturated carbocycles. The zero-order chi connectivity index (χ0) is 47.9. The van der Waals surface area contributed by atoms with E-state index in [9.17, 15) is 14.4 Å². The summed E-state index contributed by atoms with van der Waals surface area (Å²) in [5, 5.41) is 0. The quantitative estimate of drug-likeness (QED) is 0.0262. The van der Waals surface area contributed by atoms with Crippen molar-refractivity contribution in [1.29, 1.82) is 0 Å². The Morgan fingerprint density at radius 2 is 0.591 bits per heavy atom. The van der Waals surface area contributed by atoms with Gasteiger partial charge in [-0.05, 0) is 103 Å². The number of hydrogen-bond acceptors (Lipinski definition) is 6. The Hall–Kier alpha value is -2.89. The van der Waals surface area contributed by atoms with E-state index in [1.165, 1.54) is 141 Å². The van der Waals surface area contributed by atoms with E-state index in [0.29, 0.717) is 19.3 Å². The van der Waals surface area contributed by atoms with E-state index in [1.54, 1.807) is 0 Å². The summed E-state index contributed by atoms with van der Waals surface area (Å²) in [5.41, 5.74) is 0. The number of hydrogen-bond donors (Lipinski definition) is 0. The molecule has 6 heteroatoms. The third-order valence-corrected chi connectivity index (χ3v) is 12.2. The zero-order valence-corrected chi connectivity index (χ0v) is 43.7. The summed E-state index contributed by atoms with van der Waals surface area (Å²) >= 11 is 0. The van der Waals surface area contributed by atoms with Crippen molar-refractivity contribution in [3.05, 3.63) is 60.8 Å². The summed E-state index contributed by atoms with van der Waals surface area (Å²) in [6.45, 7) is 6.50. The van der Waals surface area contributed by atoms with Crippen LogP contribution >= 0.6 is 0 Å². The van der Waals surface area contributed by atoms with Gasteiger partial charge in [-0.2, -0.15) is 0 Å². The van der Waals surface area contributed by atoms with Crippen LogP contribution in [0.1, 0.15) is 284 Å². The number of ether oxygens (including phenoxy) is 3. The predicted molar refractivity (Wildman–Crippen MR) is 284 cm³/mol. The average Bonchev–Trinajstić information content (AvgIpc) is 3.31. The predicted octanol–water partition coefficient (Wildman–Crippen LogP) is 18.8. The summed E-state index contributed by atoms with van der Waals surface area (Å²) in [5.74, 6) is -0.905. The first kappa shape index (κ1) is 63.1. The molecule has 0 aliphatic carbocycles. The number of esters is 3. The first-order valence-corrected chi connectivity index (χ1v) is 28.3. The van der Waals surface area contributed by atoms with E-state index >= 15 is 0 Å². The number of rotatable bonds is 51. The highest BCUT2D eigenvalue weighted by molar-refractivity contribution is 5.71. The van der Waals surface area contributed by atoms with Gasteiger partial charge >= 0.3 is 17.9 Å². The number of carbonyl (C=O) groups is 3. The minimum atomic E-state index is -0.786. The van der Waals surface area contributed by atoms with Crippen molar-refractivity contribution in [1.82, 2.24) is 0 Å².